The lowest BCUT2D eigenvalue weighted by Crippen LogP contribution is -2.40. The molecule has 1 atom stereocenters. The number of carbonyl (C=O) groups excluding carboxylic acids is 1. The highest BCUT2D eigenvalue weighted by molar-refractivity contribution is 7.92. The lowest BCUT2D eigenvalue weighted by atomic mass is 9.97. The fourth-order valence-corrected chi connectivity index (χ4v) is 4.99. The van der Waals surface area contributed by atoms with Crippen LogP contribution in [-0.4, -0.2) is 44.6 Å². The van der Waals surface area contributed by atoms with Crippen molar-refractivity contribution in [3.63, 3.8) is 0 Å². The fraction of sp³-hybridized carbons (Fsp3) is 0.435. The molecule has 1 heterocycles. The van der Waals surface area contributed by atoms with Gasteiger partial charge in [0.15, 0.2) is 0 Å². The second kappa shape index (κ2) is 10.6. The summed E-state index contributed by atoms with van der Waals surface area (Å²) in [7, 11) is -3.38. The normalized spacial score (nSPS) is 17.4. The van der Waals surface area contributed by atoms with E-state index in [4.69, 9.17) is 0 Å². The molecule has 2 N–H and O–H groups in total. The summed E-state index contributed by atoms with van der Waals surface area (Å²) in [5.41, 5.74) is 2.19. The summed E-state index contributed by atoms with van der Waals surface area (Å²) in [5, 5.41) is 3.03. The van der Waals surface area contributed by atoms with Gasteiger partial charge >= 0.3 is 0 Å². The van der Waals surface area contributed by atoms with Crippen LogP contribution in [0.2, 0.25) is 0 Å². The summed E-state index contributed by atoms with van der Waals surface area (Å²) in [4.78, 5) is 15.0. The number of anilines is 1. The Balaban J connectivity index is 1.52. The number of carbonyl (C=O) groups is 1. The van der Waals surface area contributed by atoms with Gasteiger partial charge in [-0.1, -0.05) is 43.3 Å². The SMILES string of the molecule is CCCS(=O)(=O)Nc1cccc(C(=O)NCC2CCCN(Cc3ccccc3)C2)c1. The van der Waals surface area contributed by atoms with Crippen LogP contribution in [0, 0.1) is 5.92 Å². The molecule has 162 valence electrons. The van der Waals surface area contributed by atoms with Crippen LogP contribution in [0.25, 0.3) is 0 Å². The summed E-state index contributed by atoms with van der Waals surface area (Å²) in [5.74, 6) is 0.300. The van der Waals surface area contributed by atoms with Gasteiger partial charge in [-0.2, -0.15) is 0 Å². The first-order valence-corrected chi connectivity index (χ1v) is 12.3. The largest absolute Gasteiger partial charge is 0.352 e. The predicted octanol–water partition coefficient (Wildman–Crippen LogP) is 3.48. The first kappa shape index (κ1) is 22.3. The van der Waals surface area contributed by atoms with E-state index >= 15 is 0 Å². The van der Waals surface area contributed by atoms with Crippen LogP contribution in [0.3, 0.4) is 0 Å². The molecule has 6 nitrogen and oxygen atoms in total. The van der Waals surface area contributed by atoms with E-state index in [9.17, 15) is 13.2 Å². The van der Waals surface area contributed by atoms with Crippen molar-refractivity contribution in [3.8, 4) is 0 Å². The van der Waals surface area contributed by atoms with Gasteiger partial charge < -0.3 is 5.32 Å². The number of nitrogens with one attached hydrogen (secondary N) is 2. The van der Waals surface area contributed by atoms with Crippen LogP contribution in [0.5, 0.6) is 0 Å². The number of benzene rings is 2. The summed E-state index contributed by atoms with van der Waals surface area (Å²) in [6.07, 6.45) is 2.77. The fourth-order valence-electron chi connectivity index (χ4n) is 3.87. The van der Waals surface area contributed by atoms with Crippen LogP contribution >= 0.6 is 0 Å². The Morgan fingerprint density at radius 2 is 1.93 bits per heavy atom. The van der Waals surface area contributed by atoms with E-state index in [1.165, 1.54) is 5.56 Å². The highest BCUT2D eigenvalue weighted by Crippen LogP contribution is 2.19. The van der Waals surface area contributed by atoms with Gasteiger partial charge in [-0.3, -0.25) is 14.4 Å². The first-order valence-electron chi connectivity index (χ1n) is 10.6. The Bertz CT molecular complexity index is 932. The lowest BCUT2D eigenvalue weighted by molar-refractivity contribution is 0.0930. The van der Waals surface area contributed by atoms with E-state index in [1.54, 1.807) is 24.3 Å². The van der Waals surface area contributed by atoms with Crippen LogP contribution < -0.4 is 10.0 Å². The number of likely N-dealkylation sites (tertiary alicyclic amines) is 1. The summed E-state index contributed by atoms with van der Waals surface area (Å²) < 4.78 is 26.5. The molecule has 1 aliphatic rings. The average molecular weight is 430 g/mol. The van der Waals surface area contributed by atoms with Crippen molar-refractivity contribution in [1.82, 2.24) is 10.2 Å². The maximum absolute atomic E-state index is 12.6. The van der Waals surface area contributed by atoms with Crippen LogP contribution in [0.1, 0.15) is 42.1 Å². The monoisotopic (exact) mass is 429 g/mol. The summed E-state index contributed by atoms with van der Waals surface area (Å²) in [6, 6.07) is 17.1. The van der Waals surface area contributed by atoms with Crippen molar-refractivity contribution < 1.29 is 13.2 Å². The minimum atomic E-state index is -3.38. The molecule has 1 aliphatic heterocycles. The number of sulfonamides is 1. The number of nitrogens with zero attached hydrogens (tertiary/aromatic N) is 1. The van der Waals surface area contributed by atoms with E-state index in [0.29, 0.717) is 30.1 Å². The second-order valence-corrected chi connectivity index (χ2v) is 9.78. The Morgan fingerprint density at radius 3 is 2.70 bits per heavy atom. The average Bonchev–Trinajstić information content (AvgIpc) is 2.73. The standard InChI is InChI=1S/C23H31N3O3S/c1-2-14-30(28,29)25-22-12-6-11-21(15-22)23(27)24-16-20-10-7-13-26(18-20)17-19-8-4-3-5-9-19/h3-6,8-9,11-12,15,20,25H,2,7,10,13-14,16-18H2,1H3,(H,24,27). The Labute approximate surface area is 179 Å². The van der Waals surface area contributed by atoms with Crippen molar-refractivity contribution in [3.05, 3.63) is 65.7 Å². The molecular formula is C23H31N3O3S. The zero-order chi connectivity index (χ0) is 21.4. The third-order valence-electron chi connectivity index (χ3n) is 5.27. The van der Waals surface area contributed by atoms with Gasteiger partial charge in [0, 0.05) is 30.9 Å². The molecule has 2 aromatic carbocycles. The predicted molar refractivity (Wildman–Crippen MR) is 121 cm³/mol. The maximum Gasteiger partial charge on any atom is 0.251 e. The molecule has 0 bridgehead atoms. The molecule has 3 rings (SSSR count). The number of hydrogen-bond donors (Lipinski definition) is 2. The minimum Gasteiger partial charge on any atom is -0.352 e. The van der Waals surface area contributed by atoms with Crippen LogP contribution in [-0.2, 0) is 16.6 Å². The zero-order valence-corrected chi connectivity index (χ0v) is 18.3. The van der Waals surface area contributed by atoms with Crippen LogP contribution in [0.15, 0.2) is 54.6 Å². The lowest BCUT2D eigenvalue weighted by Gasteiger charge is -2.32. The topological polar surface area (TPSA) is 78.5 Å². The highest BCUT2D eigenvalue weighted by atomic mass is 32.2. The molecule has 0 aromatic heterocycles. The summed E-state index contributed by atoms with van der Waals surface area (Å²) in [6.45, 7) is 5.42. The van der Waals surface area contributed by atoms with Gasteiger partial charge in [-0.25, -0.2) is 8.42 Å². The Hall–Kier alpha value is -2.38. The molecule has 0 radical (unpaired) electrons. The van der Waals surface area contributed by atoms with Crippen molar-refractivity contribution in [2.24, 2.45) is 5.92 Å². The first-order chi connectivity index (χ1) is 14.4. The number of piperidine rings is 1. The van der Waals surface area contributed by atoms with Crippen molar-refractivity contribution in [2.75, 3.05) is 30.1 Å². The summed E-state index contributed by atoms with van der Waals surface area (Å²) >= 11 is 0. The molecule has 0 saturated carbocycles. The van der Waals surface area contributed by atoms with E-state index in [0.717, 1.165) is 32.5 Å². The van der Waals surface area contributed by atoms with E-state index in [2.05, 4.69) is 39.2 Å². The Kier molecular flexibility index (Phi) is 7.87. The van der Waals surface area contributed by atoms with Gasteiger partial charge in [0.05, 0.1) is 5.75 Å². The van der Waals surface area contributed by atoms with Crippen LogP contribution in [0.4, 0.5) is 5.69 Å². The number of amides is 1. The third kappa shape index (κ3) is 6.85. The molecule has 1 amide bonds. The molecule has 0 aliphatic carbocycles. The molecular weight excluding hydrogens is 398 g/mol. The van der Waals surface area contributed by atoms with Crippen molar-refractivity contribution >= 4 is 21.6 Å². The molecule has 1 unspecified atom stereocenters. The number of hydrogen-bond acceptors (Lipinski definition) is 4. The molecule has 1 saturated heterocycles. The van der Waals surface area contributed by atoms with E-state index in [-0.39, 0.29) is 11.7 Å². The van der Waals surface area contributed by atoms with Gasteiger partial charge in [0.1, 0.15) is 0 Å². The molecule has 30 heavy (non-hydrogen) atoms. The highest BCUT2D eigenvalue weighted by Gasteiger charge is 2.21. The van der Waals surface area contributed by atoms with Gasteiger partial charge in [-0.15, -0.1) is 0 Å². The Morgan fingerprint density at radius 1 is 1.13 bits per heavy atom. The van der Waals surface area contributed by atoms with Crippen molar-refractivity contribution in [1.29, 1.82) is 0 Å². The molecule has 0 spiro atoms. The number of rotatable bonds is 9. The van der Waals surface area contributed by atoms with Gasteiger partial charge in [-0.05, 0) is 55.5 Å². The minimum absolute atomic E-state index is 0.0601. The zero-order valence-electron chi connectivity index (χ0n) is 17.5. The van der Waals surface area contributed by atoms with E-state index in [1.807, 2.05) is 13.0 Å². The van der Waals surface area contributed by atoms with Crippen molar-refractivity contribution in [2.45, 2.75) is 32.7 Å². The second-order valence-electron chi connectivity index (χ2n) is 7.94. The molecule has 7 heteroatoms. The maximum atomic E-state index is 12.6. The molecule has 2 aromatic rings. The smallest absolute Gasteiger partial charge is 0.251 e. The molecule has 1 fully saturated rings. The quantitative estimate of drug-likeness (QED) is 0.640. The van der Waals surface area contributed by atoms with Gasteiger partial charge in [0.2, 0.25) is 10.0 Å². The van der Waals surface area contributed by atoms with Gasteiger partial charge in [0.25, 0.3) is 5.91 Å². The third-order valence-corrected chi connectivity index (χ3v) is 6.77. The van der Waals surface area contributed by atoms with E-state index < -0.39 is 10.0 Å².